The molecule has 3 fully saturated rings. The number of aliphatic hydroxyl groups is 1. The summed E-state index contributed by atoms with van der Waals surface area (Å²) in [7, 11) is 0. The van der Waals surface area contributed by atoms with Gasteiger partial charge in [-0.25, -0.2) is 0 Å². The Morgan fingerprint density at radius 1 is 1.23 bits per heavy atom. The van der Waals surface area contributed by atoms with E-state index in [9.17, 15) is 5.11 Å². The molecule has 0 radical (unpaired) electrons. The Labute approximate surface area is 192 Å². The molecule has 4 aliphatic carbocycles. The number of aliphatic hydroxyl groups excluding tert-OH is 1. The molecular formula is C27H41BrO2. The normalized spacial score (nSPS) is 48.3. The number of halogens is 1. The van der Waals surface area contributed by atoms with Crippen LogP contribution in [0.5, 0.6) is 0 Å². The summed E-state index contributed by atoms with van der Waals surface area (Å²) in [6, 6.07) is 0. The highest BCUT2D eigenvalue weighted by Crippen LogP contribution is 2.68. The lowest BCUT2D eigenvalue weighted by Gasteiger charge is -2.57. The van der Waals surface area contributed by atoms with Crippen LogP contribution in [-0.2, 0) is 4.74 Å². The van der Waals surface area contributed by atoms with Crippen LogP contribution < -0.4 is 0 Å². The fourth-order valence-electron chi connectivity index (χ4n) is 8.68. The van der Waals surface area contributed by atoms with Crippen molar-refractivity contribution in [1.29, 1.82) is 0 Å². The maximum Gasteiger partial charge on any atom is 0.106 e. The van der Waals surface area contributed by atoms with Gasteiger partial charge in [-0.05, 0) is 98.4 Å². The second-order valence-corrected chi connectivity index (χ2v) is 12.6. The molecule has 30 heavy (non-hydrogen) atoms. The van der Waals surface area contributed by atoms with Gasteiger partial charge in [0.1, 0.15) is 6.10 Å². The molecule has 0 aromatic heterocycles. The van der Waals surface area contributed by atoms with Gasteiger partial charge in [-0.2, -0.15) is 0 Å². The van der Waals surface area contributed by atoms with Gasteiger partial charge in [0.15, 0.2) is 0 Å². The third-order valence-corrected chi connectivity index (χ3v) is 11.5. The third-order valence-electron chi connectivity index (χ3n) is 10.4. The minimum Gasteiger partial charge on any atom is -0.494 e. The smallest absolute Gasteiger partial charge is 0.106 e. The minimum absolute atomic E-state index is 0.104. The summed E-state index contributed by atoms with van der Waals surface area (Å²) >= 11 is 3.63. The van der Waals surface area contributed by atoms with E-state index in [0.717, 1.165) is 42.3 Å². The Bertz CT molecular complexity index is 756. The molecule has 3 saturated carbocycles. The molecule has 0 amide bonds. The van der Waals surface area contributed by atoms with Gasteiger partial charge >= 0.3 is 0 Å². The number of alkyl halides is 1. The van der Waals surface area contributed by atoms with E-state index in [-0.39, 0.29) is 6.10 Å². The van der Waals surface area contributed by atoms with Crippen LogP contribution in [0.2, 0.25) is 0 Å². The van der Waals surface area contributed by atoms with Crippen molar-refractivity contribution >= 4 is 15.9 Å². The summed E-state index contributed by atoms with van der Waals surface area (Å²) in [5, 5.41) is 11.3. The van der Waals surface area contributed by atoms with E-state index in [1.165, 1.54) is 44.3 Å². The van der Waals surface area contributed by atoms with Crippen LogP contribution in [0.25, 0.3) is 0 Å². The molecule has 2 nitrogen and oxygen atoms in total. The molecule has 3 heteroatoms. The van der Waals surface area contributed by atoms with E-state index in [1.807, 2.05) is 0 Å². The van der Waals surface area contributed by atoms with E-state index in [2.05, 4.69) is 49.7 Å². The minimum atomic E-state index is -0.104. The van der Waals surface area contributed by atoms with Crippen LogP contribution >= 0.6 is 15.9 Å². The first kappa shape index (κ1) is 21.6. The average molecular weight is 478 g/mol. The third kappa shape index (κ3) is 3.11. The zero-order chi connectivity index (χ0) is 21.3. The molecule has 9 atom stereocenters. The molecule has 0 unspecified atom stereocenters. The zero-order valence-corrected chi connectivity index (χ0v) is 21.0. The molecule has 0 bridgehead atoms. The van der Waals surface area contributed by atoms with Crippen molar-refractivity contribution in [2.45, 2.75) is 97.7 Å². The number of hydrogen-bond acceptors (Lipinski definition) is 2. The lowest BCUT2D eigenvalue weighted by Crippen LogP contribution is -2.50. The number of fused-ring (bicyclic) bond motifs is 7. The summed E-state index contributed by atoms with van der Waals surface area (Å²) in [6.45, 7) is 9.86. The lowest BCUT2D eigenvalue weighted by atomic mass is 9.47. The maximum absolute atomic E-state index is 10.2. The van der Waals surface area contributed by atoms with E-state index < -0.39 is 0 Å². The number of ether oxygens (including phenoxy) is 1. The molecule has 0 spiro atoms. The highest BCUT2D eigenvalue weighted by Gasteiger charge is 2.63. The van der Waals surface area contributed by atoms with E-state index in [4.69, 9.17) is 4.74 Å². The standard InChI is InChI=1S/C27H41BrO2/c1-16(15-28)5-8-23-17(2)25-24(30-23)14-22-20-7-6-18-13-19(29)9-11-26(18,3)21(20)10-12-27(22,25)4/h6,16,19-22,24-25,29H,5,7-15H2,1-4H3/t16-,19+,20-,21+,22+,24+,25+,26+,27+/m1/s1. The fourth-order valence-corrected chi connectivity index (χ4v) is 9.00. The van der Waals surface area contributed by atoms with Crippen molar-refractivity contribution in [2.75, 3.05) is 5.33 Å². The molecule has 5 aliphatic rings. The maximum atomic E-state index is 10.2. The van der Waals surface area contributed by atoms with Crippen molar-refractivity contribution in [3.63, 3.8) is 0 Å². The van der Waals surface area contributed by atoms with Crippen molar-refractivity contribution in [3.8, 4) is 0 Å². The monoisotopic (exact) mass is 476 g/mol. The van der Waals surface area contributed by atoms with Gasteiger partial charge in [0.05, 0.1) is 11.9 Å². The second kappa shape index (κ2) is 7.65. The van der Waals surface area contributed by atoms with Crippen molar-refractivity contribution < 1.29 is 9.84 Å². The number of rotatable bonds is 4. The molecule has 1 aliphatic heterocycles. The van der Waals surface area contributed by atoms with Crippen molar-refractivity contribution in [1.82, 2.24) is 0 Å². The van der Waals surface area contributed by atoms with Crippen LogP contribution in [0.15, 0.2) is 23.0 Å². The fraction of sp³-hybridized carbons (Fsp3) is 0.852. The molecule has 1 heterocycles. The first-order valence-electron chi connectivity index (χ1n) is 12.6. The van der Waals surface area contributed by atoms with Crippen LogP contribution in [-0.4, -0.2) is 22.6 Å². The van der Waals surface area contributed by atoms with E-state index in [0.29, 0.717) is 28.8 Å². The van der Waals surface area contributed by atoms with Crippen LogP contribution in [0, 0.1) is 40.4 Å². The Morgan fingerprint density at radius 2 is 2.03 bits per heavy atom. The summed E-state index contributed by atoms with van der Waals surface area (Å²) in [5.74, 6) is 5.11. The molecule has 0 aromatic carbocycles. The first-order valence-corrected chi connectivity index (χ1v) is 13.7. The van der Waals surface area contributed by atoms with Crippen molar-refractivity contribution in [2.24, 2.45) is 40.4 Å². The van der Waals surface area contributed by atoms with Crippen LogP contribution in [0.3, 0.4) is 0 Å². The number of allylic oxidation sites excluding steroid dienone is 2. The van der Waals surface area contributed by atoms with Crippen molar-refractivity contribution in [3.05, 3.63) is 23.0 Å². The molecular weight excluding hydrogens is 436 g/mol. The average Bonchev–Trinajstić information content (AvgIpc) is 3.20. The van der Waals surface area contributed by atoms with Gasteiger partial charge in [0.25, 0.3) is 0 Å². The molecule has 168 valence electrons. The molecule has 5 rings (SSSR count). The second-order valence-electron chi connectivity index (χ2n) is 12.0. The van der Waals surface area contributed by atoms with E-state index in [1.54, 1.807) is 11.1 Å². The zero-order valence-electron chi connectivity index (χ0n) is 19.4. The van der Waals surface area contributed by atoms with Crippen LogP contribution in [0.1, 0.15) is 85.5 Å². The predicted molar refractivity (Wildman–Crippen MR) is 126 cm³/mol. The largest absolute Gasteiger partial charge is 0.494 e. The van der Waals surface area contributed by atoms with Gasteiger partial charge in [-0.3, -0.25) is 0 Å². The Hall–Kier alpha value is -0.280. The lowest BCUT2D eigenvalue weighted by molar-refractivity contribution is -0.0454. The van der Waals surface area contributed by atoms with Gasteiger partial charge in [-0.15, -0.1) is 0 Å². The molecule has 0 saturated heterocycles. The summed E-state index contributed by atoms with van der Waals surface area (Å²) in [4.78, 5) is 0. The van der Waals surface area contributed by atoms with Gasteiger partial charge < -0.3 is 9.84 Å². The quantitative estimate of drug-likeness (QED) is 0.348. The van der Waals surface area contributed by atoms with Crippen LogP contribution in [0.4, 0.5) is 0 Å². The van der Waals surface area contributed by atoms with E-state index >= 15 is 0 Å². The molecule has 1 N–H and O–H groups in total. The highest BCUT2D eigenvalue weighted by molar-refractivity contribution is 9.09. The Morgan fingerprint density at radius 3 is 2.80 bits per heavy atom. The number of hydrogen-bond donors (Lipinski definition) is 1. The van der Waals surface area contributed by atoms with Gasteiger partial charge in [0.2, 0.25) is 0 Å². The van der Waals surface area contributed by atoms with Gasteiger partial charge in [0, 0.05) is 17.7 Å². The SMILES string of the molecule is CC1=C(CC[C@@H](C)CBr)O[C@H]2C[C@H]3[C@@H]4CC=C5C[C@@H](O)CC[C@]5(C)[C@H]4CC[C@]3(C)[C@@H]12. The summed E-state index contributed by atoms with van der Waals surface area (Å²) in [5.41, 5.74) is 3.92. The Balaban J connectivity index is 1.38. The summed E-state index contributed by atoms with van der Waals surface area (Å²) in [6.07, 6.45) is 13.5. The Kier molecular flexibility index (Phi) is 5.50. The van der Waals surface area contributed by atoms with Gasteiger partial charge in [-0.1, -0.05) is 48.4 Å². The molecule has 0 aromatic rings. The first-order chi connectivity index (χ1) is 14.3. The topological polar surface area (TPSA) is 29.5 Å². The predicted octanol–water partition coefficient (Wildman–Crippen LogP) is 7.02. The highest BCUT2D eigenvalue weighted by atomic mass is 79.9. The summed E-state index contributed by atoms with van der Waals surface area (Å²) < 4.78 is 6.69.